The van der Waals surface area contributed by atoms with E-state index in [-0.39, 0.29) is 11.9 Å². The van der Waals surface area contributed by atoms with Gasteiger partial charge in [-0.05, 0) is 37.9 Å². The van der Waals surface area contributed by atoms with E-state index in [1.54, 1.807) is 0 Å². The Bertz CT molecular complexity index is 375. The maximum absolute atomic E-state index is 11.8. The molecular formula is C15H22N2O2. The summed E-state index contributed by atoms with van der Waals surface area (Å²) in [5.41, 5.74) is 0. The molecule has 1 amide bonds. The Morgan fingerprint density at radius 1 is 1.32 bits per heavy atom. The van der Waals surface area contributed by atoms with E-state index in [1.165, 1.54) is 6.42 Å². The fourth-order valence-electron chi connectivity index (χ4n) is 2.19. The Morgan fingerprint density at radius 3 is 2.89 bits per heavy atom. The van der Waals surface area contributed by atoms with Gasteiger partial charge in [0.2, 0.25) is 5.91 Å². The van der Waals surface area contributed by atoms with E-state index in [4.69, 9.17) is 4.74 Å². The zero-order chi connectivity index (χ0) is 13.3. The van der Waals surface area contributed by atoms with E-state index in [2.05, 4.69) is 10.6 Å². The number of amides is 1. The molecule has 1 aliphatic heterocycles. The summed E-state index contributed by atoms with van der Waals surface area (Å²) in [4.78, 5) is 11.8. The van der Waals surface area contributed by atoms with Crippen LogP contribution in [-0.2, 0) is 4.79 Å². The molecule has 4 nitrogen and oxygen atoms in total. The average molecular weight is 262 g/mol. The van der Waals surface area contributed by atoms with Gasteiger partial charge in [0, 0.05) is 6.54 Å². The summed E-state index contributed by atoms with van der Waals surface area (Å²) >= 11 is 0. The maximum Gasteiger partial charge on any atom is 0.237 e. The van der Waals surface area contributed by atoms with Crippen LogP contribution in [0.4, 0.5) is 0 Å². The number of benzene rings is 1. The number of ether oxygens (including phenoxy) is 1. The minimum Gasteiger partial charge on any atom is -0.494 e. The standard InChI is InChI=1S/C15H22N2O2/c18-15(14-9-4-5-10-16-14)17-11-6-12-19-13-7-2-1-3-8-13/h1-3,7-8,14,16H,4-6,9-12H2,(H,17,18). The highest BCUT2D eigenvalue weighted by atomic mass is 16.5. The van der Waals surface area contributed by atoms with Crippen molar-refractivity contribution < 1.29 is 9.53 Å². The van der Waals surface area contributed by atoms with E-state index in [1.807, 2.05) is 30.3 Å². The number of hydrogen-bond donors (Lipinski definition) is 2. The number of carbonyl (C=O) groups excluding carboxylic acids is 1. The molecule has 1 saturated heterocycles. The van der Waals surface area contributed by atoms with Crippen molar-refractivity contribution in [2.45, 2.75) is 31.7 Å². The Hall–Kier alpha value is -1.55. The number of para-hydroxylation sites is 1. The van der Waals surface area contributed by atoms with Crippen LogP contribution in [-0.4, -0.2) is 31.6 Å². The van der Waals surface area contributed by atoms with Crippen molar-refractivity contribution in [3.8, 4) is 5.75 Å². The zero-order valence-electron chi connectivity index (χ0n) is 11.2. The van der Waals surface area contributed by atoms with E-state index >= 15 is 0 Å². The van der Waals surface area contributed by atoms with Crippen LogP contribution >= 0.6 is 0 Å². The van der Waals surface area contributed by atoms with Crippen molar-refractivity contribution in [3.05, 3.63) is 30.3 Å². The number of nitrogens with one attached hydrogen (secondary N) is 2. The predicted molar refractivity (Wildman–Crippen MR) is 75.2 cm³/mol. The third kappa shape index (κ3) is 4.91. The fourth-order valence-corrected chi connectivity index (χ4v) is 2.19. The normalized spacial score (nSPS) is 18.8. The van der Waals surface area contributed by atoms with Crippen LogP contribution in [0.25, 0.3) is 0 Å². The van der Waals surface area contributed by atoms with Crippen molar-refractivity contribution in [2.75, 3.05) is 19.7 Å². The fraction of sp³-hybridized carbons (Fsp3) is 0.533. The summed E-state index contributed by atoms with van der Waals surface area (Å²) in [6.45, 7) is 2.25. The first-order chi connectivity index (χ1) is 9.36. The summed E-state index contributed by atoms with van der Waals surface area (Å²) in [6, 6.07) is 9.74. The minimum absolute atomic E-state index is 0.00351. The minimum atomic E-state index is 0.00351. The molecule has 0 aliphatic carbocycles. The van der Waals surface area contributed by atoms with Gasteiger partial charge in [0.15, 0.2) is 0 Å². The van der Waals surface area contributed by atoms with Crippen LogP contribution < -0.4 is 15.4 Å². The predicted octanol–water partition coefficient (Wildman–Crippen LogP) is 1.71. The highest BCUT2D eigenvalue weighted by Crippen LogP contribution is 2.08. The van der Waals surface area contributed by atoms with Gasteiger partial charge in [0.25, 0.3) is 0 Å². The molecule has 1 aromatic carbocycles. The molecule has 1 aromatic rings. The second-order valence-corrected chi connectivity index (χ2v) is 4.81. The zero-order valence-corrected chi connectivity index (χ0v) is 11.2. The van der Waals surface area contributed by atoms with Gasteiger partial charge in [-0.3, -0.25) is 4.79 Å². The number of piperidine rings is 1. The molecule has 2 rings (SSSR count). The van der Waals surface area contributed by atoms with E-state index in [0.29, 0.717) is 13.2 Å². The number of carbonyl (C=O) groups is 1. The smallest absolute Gasteiger partial charge is 0.237 e. The molecule has 0 spiro atoms. The lowest BCUT2D eigenvalue weighted by Crippen LogP contribution is -2.46. The molecular weight excluding hydrogens is 240 g/mol. The quantitative estimate of drug-likeness (QED) is 0.767. The van der Waals surface area contributed by atoms with Crippen LogP contribution in [0.1, 0.15) is 25.7 Å². The second kappa shape index (κ2) is 7.79. The summed E-state index contributed by atoms with van der Waals surface area (Å²) in [7, 11) is 0. The lowest BCUT2D eigenvalue weighted by molar-refractivity contribution is -0.123. The Balaban J connectivity index is 1.55. The first-order valence-electron chi connectivity index (χ1n) is 7.05. The maximum atomic E-state index is 11.8. The molecule has 1 heterocycles. The largest absolute Gasteiger partial charge is 0.494 e. The Labute approximate surface area is 114 Å². The molecule has 0 bridgehead atoms. The molecule has 104 valence electrons. The Morgan fingerprint density at radius 2 is 2.16 bits per heavy atom. The third-order valence-corrected chi connectivity index (χ3v) is 3.26. The lowest BCUT2D eigenvalue weighted by atomic mass is 10.0. The summed E-state index contributed by atoms with van der Waals surface area (Å²) in [5, 5.41) is 6.20. The molecule has 0 saturated carbocycles. The van der Waals surface area contributed by atoms with Crippen LogP contribution in [0.2, 0.25) is 0 Å². The van der Waals surface area contributed by atoms with Gasteiger partial charge < -0.3 is 15.4 Å². The molecule has 1 atom stereocenters. The van der Waals surface area contributed by atoms with Gasteiger partial charge in [0.05, 0.1) is 12.6 Å². The molecule has 1 unspecified atom stereocenters. The molecule has 1 aliphatic rings. The summed E-state index contributed by atoms with van der Waals surface area (Å²) in [6.07, 6.45) is 4.09. The monoisotopic (exact) mass is 262 g/mol. The molecule has 2 N–H and O–H groups in total. The van der Waals surface area contributed by atoms with Gasteiger partial charge in [-0.25, -0.2) is 0 Å². The van der Waals surface area contributed by atoms with Gasteiger partial charge in [0.1, 0.15) is 5.75 Å². The first-order valence-corrected chi connectivity index (χ1v) is 7.05. The number of rotatable bonds is 6. The molecule has 4 heteroatoms. The average Bonchev–Trinajstić information content (AvgIpc) is 2.49. The SMILES string of the molecule is O=C(NCCCOc1ccccc1)C1CCCCN1. The summed E-state index contributed by atoms with van der Waals surface area (Å²) in [5.74, 6) is 1.00. The van der Waals surface area contributed by atoms with Crippen molar-refractivity contribution in [3.63, 3.8) is 0 Å². The lowest BCUT2D eigenvalue weighted by Gasteiger charge is -2.22. The van der Waals surface area contributed by atoms with Gasteiger partial charge in [-0.1, -0.05) is 24.6 Å². The second-order valence-electron chi connectivity index (χ2n) is 4.81. The molecule has 0 aromatic heterocycles. The van der Waals surface area contributed by atoms with Crippen molar-refractivity contribution in [1.29, 1.82) is 0 Å². The van der Waals surface area contributed by atoms with Crippen LogP contribution in [0, 0.1) is 0 Å². The van der Waals surface area contributed by atoms with Crippen LogP contribution in [0.5, 0.6) is 5.75 Å². The highest BCUT2D eigenvalue weighted by molar-refractivity contribution is 5.81. The molecule has 0 radical (unpaired) electrons. The molecule has 1 fully saturated rings. The third-order valence-electron chi connectivity index (χ3n) is 3.26. The Kier molecular flexibility index (Phi) is 5.69. The van der Waals surface area contributed by atoms with Gasteiger partial charge in [-0.15, -0.1) is 0 Å². The van der Waals surface area contributed by atoms with Crippen LogP contribution in [0.15, 0.2) is 30.3 Å². The van der Waals surface area contributed by atoms with E-state index < -0.39 is 0 Å². The van der Waals surface area contributed by atoms with Crippen molar-refractivity contribution in [1.82, 2.24) is 10.6 Å². The number of hydrogen-bond acceptors (Lipinski definition) is 3. The van der Waals surface area contributed by atoms with Gasteiger partial charge >= 0.3 is 0 Å². The van der Waals surface area contributed by atoms with Crippen LogP contribution in [0.3, 0.4) is 0 Å². The van der Waals surface area contributed by atoms with E-state index in [9.17, 15) is 4.79 Å². The molecule has 19 heavy (non-hydrogen) atoms. The van der Waals surface area contributed by atoms with Gasteiger partial charge in [-0.2, -0.15) is 0 Å². The van der Waals surface area contributed by atoms with Crippen molar-refractivity contribution >= 4 is 5.91 Å². The van der Waals surface area contributed by atoms with Crippen molar-refractivity contribution in [2.24, 2.45) is 0 Å². The summed E-state index contributed by atoms with van der Waals surface area (Å²) < 4.78 is 5.57. The topological polar surface area (TPSA) is 50.4 Å². The van der Waals surface area contributed by atoms with E-state index in [0.717, 1.165) is 31.6 Å². The first kappa shape index (κ1) is 13.9. The highest BCUT2D eigenvalue weighted by Gasteiger charge is 2.19.